The molecule has 0 spiro atoms. The third-order valence-corrected chi connectivity index (χ3v) is 4.61. The van der Waals surface area contributed by atoms with Crippen LogP contribution in [0.15, 0.2) is 48.5 Å². The Morgan fingerprint density at radius 2 is 1.76 bits per heavy atom. The van der Waals surface area contributed by atoms with Crippen molar-refractivity contribution in [2.45, 2.75) is 46.1 Å². The lowest BCUT2D eigenvalue weighted by atomic mass is 10.1. The van der Waals surface area contributed by atoms with E-state index in [1.807, 2.05) is 41.1 Å². The molecule has 0 saturated heterocycles. The van der Waals surface area contributed by atoms with E-state index in [-0.39, 0.29) is 6.10 Å². The third kappa shape index (κ3) is 5.57. The number of nitrogens with zero attached hydrogens (tertiary/aromatic N) is 3. The summed E-state index contributed by atoms with van der Waals surface area (Å²) in [5.41, 5.74) is 4.05. The van der Waals surface area contributed by atoms with Crippen LogP contribution in [-0.4, -0.2) is 39.1 Å². The molecule has 6 heteroatoms. The Balaban J connectivity index is 1.84. The number of hydrogen-bond donors (Lipinski definition) is 2. The highest BCUT2D eigenvalue weighted by Crippen LogP contribution is 2.25. The van der Waals surface area contributed by atoms with Crippen molar-refractivity contribution in [1.29, 1.82) is 0 Å². The van der Waals surface area contributed by atoms with Crippen molar-refractivity contribution in [2.24, 2.45) is 0 Å². The van der Waals surface area contributed by atoms with E-state index in [1.165, 1.54) is 5.56 Å². The van der Waals surface area contributed by atoms with Crippen LogP contribution in [-0.2, 0) is 0 Å². The lowest BCUT2D eigenvalue weighted by Gasteiger charge is -2.12. The molecular weight excluding hydrogens is 364 g/mol. The smallest absolute Gasteiger partial charge is 0.336 e. The van der Waals surface area contributed by atoms with Crippen LogP contribution >= 0.6 is 0 Å². The van der Waals surface area contributed by atoms with Crippen molar-refractivity contribution in [1.82, 2.24) is 14.8 Å². The van der Waals surface area contributed by atoms with Gasteiger partial charge in [-0.05, 0) is 44.0 Å². The molecule has 2 aromatic carbocycles. The summed E-state index contributed by atoms with van der Waals surface area (Å²) in [5.74, 6) is 0.746. The zero-order valence-electron chi connectivity index (χ0n) is 17.4. The van der Waals surface area contributed by atoms with E-state index in [4.69, 9.17) is 4.74 Å². The second kappa shape index (κ2) is 10.1. The van der Waals surface area contributed by atoms with Crippen molar-refractivity contribution >= 4 is 5.69 Å². The normalized spacial score (nSPS) is 12.0. The predicted molar refractivity (Wildman–Crippen MR) is 117 cm³/mol. The fourth-order valence-electron chi connectivity index (χ4n) is 3.01. The molecule has 0 fully saturated rings. The second-order valence-electron chi connectivity index (χ2n) is 7.21. The Morgan fingerprint density at radius 3 is 2.41 bits per heavy atom. The van der Waals surface area contributed by atoms with Gasteiger partial charge in [-0.1, -0.05) is 50.1 Å². The number of ether oxygens (including phenoxy) is 1. The van der Waals surface area contributed by atoms with E-state index in [2.05, 4.69) is 48.3 Å². The molecule has 1 aromatic heterocycles. The summed E-state index contributed by atoms with van der Waals surface area (Å²) in [4.78, 5) is 4.61. The van der Waals surface area contributed by atoms with Gasteiger partial charge in [0, 0.05) is 17.8 Å². The summed E-state index contributed by atoms with van der Waals surface area (Å²) >= 11 is 0. The first-order valence-electron chi connectivity index (χ1n) is 10.3. The van der Waals surface area contributed by atoms with Crippen LogP contribution in [0.1, 0.15) is 38.7 Å². The van der Waals surface area contributed by atoms with Crippen LogP contribution in [0.5, 0.6) is 6.01 Å². The number of aromatic nitrogens is 3. The summed E-state index contributed by atoms with van der Waals surface area (Å²) in [6, 6.07) is 16.6. The first-order chi connectivity index (χ1) is 14.1. The van der Waals surface area contributed by atoms with E-state index in [0.717, 1.165) is 42.0 Å². The zero-order chi connectivity index (χ0) is 20.6. The van der Waals surface area contributed by atoms with E-state index in [1.54, 1.807) is 0 Å². The fourth-order valence-corrected chi connectivity index (χ4v) is 3.01. The number of hydrogen-bond acceptors (Lipinski definition) is 5. The van der Waals surface area contributed by atoms with Gasteiger partial charge in [0.05, 0.1) is 18.4 Å². The molecule has 0 aliphatic carbocycles. The average molecular weight is 395 g/mol. The van der Waals surface area contributed by atoms with Crippen molar-refractivity contribution < 1.29 is 9.84 Å². The summed E-state index contributed by atoms with van der Waals surface area (Å²) in [7, 11) is 0. The maximum Gasteiger partial charge on any atom is 0.336 e. The highest BCUT2D eigenvalue weighted by atomic mass is 16.5. The van der Waals surface area contributed by atoms with E-state index >= 15 is 0 Å². The molecule has 3 rings (SSSR count). The molecule has 3 aromatic rings. The number of benzene rings is 2. The number of aliphatic hydroxyl groups excluding tert-OH is 1. The SMILES string of the molecule is CCCOc1nc(-c2ccc(C)cc2)n(-c2ccc(NCC(O)CCC)cc2)n1. The molecule has 2 N–H and O–H groups in total. The van der Waals surface area contributed by atoms with Gasteiger partial charge in [0.1, 0.15) is 0 Å². The summed E-state index contributed by atoms with van der Waals surface area (Å²) in [5, 5.41) is 17.7. The largest absolute Gasteiger partial charge is 0.462 e. The highest BCUT2D eigenvalue weighted by Gasteiger charge is 2.15. The Morgan fingerprint density at radius 1 is 1.03 bits per heavy atom. The van der Waals surface area contributed by atoms with Gasteiger partial charge in [0.15, 0.2) is 5.82 Å². The summed E-state index contributed by atoms with van der Waals surface area (Å²) in [6.07, 6.45) is 2.34. The van der Waals surface area contributed by atoms with Crippen molar-refractivity contribution in [3.8, 4) is 23.1 Å². The molecule has 0 aliphatic rings. The van der Waals surface area contributed by atoms with E-state index in [0.29, 0.717) is 19.2 Å². The quantitative estimate of drug-likeness (QED) is 0.526. The minimum absolute atomic E-state index is 0.332. The summed E-state index contributed by atoms with van der Waals surface area (Å²) in [6.45, 7) is 7.31. The molecule has 29 heavy (non-hydrogen) atoms. The minimum atomic E-state index is -0.332. The minimum Gasteiger partial charge on any atom is -0.462 e. The first kappa shape index (κ1) is 20.9. The van der Waals surface area contributed by atoms with Gasteiger partial charge >= 0.3 is 6.01 Å². The average Bonchev–Trinajstić information content (AvgIpc) is 3.16. The first-order valence-corrected chi connectivity index (χ1v) is 10.3. The van der Waals surface area contributed by atoms with Crippen LogP contribution in [0.2, 0.25) is 0 Å². The monoisotopic (exact) mass is 394 g/mol. The maximum absolute atomic E-state index is 9.90. The van der Waals surface area contributed by atoms with Crippen LogP contribution in [0.25, 0.3) is 17.1 Å². The number of rotatable bonds is 10. The number of aliphatic hydroxyl groups is 1. The van der Waals surface area contributed by atoms with Gasteiger partial charge in [-0.3, -0.25) is 0 Å². The van der Waals surface area contributed by atoms with Gasteiger partial charge in [-0.2, -0.15) is 4.98 Å². The molecule has 6 nitrogen and oxygen atoms in total. The van der Waals surface area contributed by atoms with Crippen LogP contribution in [0.4, 0.5) is 5.69 Å². The Bertz CT molecular complexity index is 888. The van der Waals surface area contributed by atoms with Crippen LogP contribution in [0, 0.1) is 6.92 Å². The van der Waals surface area contributed by atoms with Crippen molar-refractivity contribution in [3.63, 3.8) is 0 Å². The zero-order valence-corrected chi connectivity index (χ0v) is 17.4. The molecule has 0 bridgehead atoms. The topological polar surface area (TPSA) is 72.2 Å². The Hall–Kier alpha value is -2.86. The molecule has 0 amide bonds. The molecule has 154 valence electrons. The molecule has 0 radical (unpaired) electrons. The van der Waals surface area contributed by atoms with E-state index in [9.17, 15) is 5.11 Å². The number of nitrogens with one attached hydrogen (secondary N) is 1. The Kier molecular flexibility index (Phi) is 7.25. The third-order valence-electron chi connectivity index (χ3n) is 4.61. The van der Waals surface area contributed by atoms with Gasteiger partial charge in [-0.15, -0.1) is 5.10 Å². The molecule has 1 unspecified atom stereocenters. The van der Waals surface area contributed by atoms with Crippen molar-refractivity contribution in [2.75, 3.05) is 18.5 Å². The highest BCUT2D eigenvalue weighted by molar-refractivity contribution is 5.60. The van der Waals surface area contributed by atoms with E-state index < -0.39 is 0 Å². The number of aryl methyl sites for hydroxylation is 1. The number of anilines is 1. The molecular formula is C23H30N4O2. The maximum atomic E-state index is 9.90. The fraction of sp³-hybridized carbons (Fsp3) is 0.391. The Labute approximate surface area is 172 Å². The lowest BCUT2D eigenvalue weighted by molar-refractivity contribution is 0.176. The predicted octanol–water partition coefficient (Wildman–Crippen LogP) is 4.60. The van der Waals surface area contributed by atoms with Crippen molar-refractivity contribution in [3.05, 3.63) is 54.1 Å². The van der Waals surface area contributed by atoms with Gasteiger partial charge in [0.25, 0.3) is 0 Å². The second-order valence-corrected chi connectivity index (χ2v) is 7.21. The molecule has 1 heterocycles. The lowest BCUT2D eigenvalue weighted by Crippen LogP contribution is -2.18. The van der Waals surface area contributed by atoms with Gasteiger partial charge in [-0.25, -0.2) is 4.68 Å². The van der Waals surface area contributed by atoms with Gasteiger partial charge < -0.3 is 15.2 Å². The van der Waals surface area contributed by atoms with Crippen LogP contribution < -0.4 is 10.1 Å². The van der Waals surface area contributed by atoms with Gasteiger partial charge in [0.2, 0.25) is 0 Å². The van der Waals surface area contributed by atoms with Crippen LogP contribution in [0.3, 0.4) is 0 Å². The molecule has 0 aliphatic heterocycles. The molecule has 0 saturated carbocycles. The standard InChI is InChI=1S/C23H30N4O2/c1-4-6-21(28)16-24-19-11-13-20(14-12-19)27-22(18-9-7-17(3)8-10-18)25-23(26-27)29-15-5-2/h7-14,21,24,28H,4-6,15-16H2,1-3H3. The summed E-state index contributed by atoms with van der Waals surface area (Å²) < 4.78 is 7.48. The molecule has 1 atom stereocenters.